The molecule has 2 aromatic carbocycles. The van der Waals surface area contributed by atoms with Crippen molar-refractivity contribution in [1.82, 2.24) is 0 Å². The van der Waals surface area contributed by atoms with E-state index in [2.05, 4.69) is 5.32 Å². The van der Waals surface area contributed by atoms with Gasteiger partial charge in [-0.25, -0.2) is 8.42 Å². The van der Waals surface area contributed by atoms with Gasteiger partial charge >= 0.3 is 0 Å². The second-order valence-electron chi connectivity index (χ2n) is 7.40. The van der Waals surface area contributed by atoms with Crippen LogP contribution in [0.15, 0.2) is 42.5 Å². The number of carbonyl (C=O) groups is 2. The van der Waals surface area contributed by atoms with E-state index in [-0.39, 0.29) is 12.5 Å². The molecule has 2 aromatic rings. The molecule has 1 aliphatic heterocycles. The Morgan fingerprint density at radius 3 is 2.65 bits per heavy atom. The highest BCUT2D eigenvalue weighted by Gasteiger charge is 2.24. The Morgan fingerprint density at radius 2 is 2.00 bits per heavy atom. The molecule has 0 bridgehead atoms. The van der Waals surface area contributed by atoms with Gasteiger partial charge in [0.15, 0.2) is 0 Å². The molecule has 1 N–H and O–H groups in total. The van der Waals surface area contributed by atoms with Crippen molar-refractivity contribution in [3.05, 3.63) is 48.0 Å². The zero-order valence-electron chi connectivity index (χ0n) is 17.9. The number of benzene rings is 2. The number of ether oxygens (including phenoxy) is 1. The summed E-state index contributed by atoms with van der Waals surface area (Å²) in [5, 5.41) is 2.75. The van der Waals surface area contributed by atoms with Crippen LogP contribution in [0.3, 0.4) is 0 Å². The Hall–Kier alpha value is -3.07. The lowest BCUT2D eigenvalue weighted by Gasteiger charge is -2.23. The maximum absolute atomic E-state index is 12.7. The van der Waals surface area contributed by atoms with Crippen molar-refractivity contribution >= 4 is 38.9 Å². The van der Waals surface area contributed by atoms with Crippen LogP contribution in [0.1, 0.15) is 25.3 Å². The number of hydrogen-bond acceptors (Lipinski definition) is 5. The predicted octanol–water partition coefficient (Wildman–Crippen LogP) is 2.93. The van der Waals surface area contributed by atoms with Crippen molar-refractivity contribution in [2.45, 2.75) is 26.7 Å². The number of aryl methyl sites for hydroxylation is 1. The largest absolute Gasteiger partial charge is 0.494 e. The highest BCUT2D eigenvalue weighted by Crippen LogP contribution is 2.28. The molecule has 0 radical (unpaired) electrons. The third kappa shape index (κ3) is 5.55. The maximum atomic E-state index is 12.7. The summed E-state index contributed by atoms with van der Waals surface area (Å²) in [5.74, 6) is 0.0892. The van der Waals surface area contributed by atoms with Gasteiger partial charge in [-0.3, -0.25) is 13.9 Å². The molecule has 1 heterocycles. The topological polar surface area (TPSA) is 96.0 Å². The first-order valence-electron chi connectivity index (χ1n) is 10.1. The molecule has 2 amide bonds. The van der Waals surface area contributed by atoms with Crippen molar-refractivity contribution < 1.29 is 22.7 Å². The molecule has 1 saturated heterocycles. The van der Waals surface area contributed by atoms with Crippen molar-refractivity contribution in [3.63, 3.8) is 0 Å². The van der Waals surface area contributed by atoms with Crippen molar-refractivity contribution in [2.75, 3.05) is 40.5 Å². The summed E-state index contributed by atoms with van der Waals surface area (Å²) < 4.78 is 31.2. The number of hydrogen-bond donors (Lipinski definition) is 1. The van der Waals surface area contributed by atoms with Gasteiger partial charge in [-0.1, -0.05) is 12.1 Å². The fourth-order valence-electron chi connectivity index (χ4n) is 3.51. The van der Waals surface area contributed by atoms with Crippen LogP contribution in [0, 0.1) is 6.92 Å². The van der Waals surface area contributed by atoms with E-state index in [4.69, 9.17) is 4.74 Å². The smallest absolute Gasteiger partial charge is 0.245 e. The highest BCUT2D eigenvalue weighted by molar-refractivity contribution is 7.92. The molecule has 0 atom stereocenters. The quantitative estimate of drug-likeness (QED) is 0.674. The molecule has 0 unspecified atom stereocenters. The first kappa shape index (κ1) is 22.6. The minimum atomic E-state index is -3.71. The Morgan fingerprint density at radius 1 is 1.23 bits per heavy atom. The van der Waals surface area contributed by atoms with Gasteiger partial charge in [-0.05, 0) is 50.1 Å². The average Bonchev–Trinajstić information content (AvgIpc) is 3.13. The van der Waals surface area contributed by atoms with Crippen molar-refractivity contribution in [3.8, 4) is 5.75 Å². The lowest BCUT2D eigenvalue weighted by molar-refractivity contribution is -0.117. The number of anilines is 3. The Kier molecular flexibility index (Phi) is 6.84. The number of rotatable bonds is 8. The van der Waals surface area contributed by atoms with Crippen LogP contribution in [0.4, 0.5) is 17.1 Å². The molecule has 0 aliphatic carbocycles. The molecule has 0 saturated carbocycles. The van der Waals surface area contributed by atoms with Crippen LogP contribution < -0.4 is 19.3 Å². The molecule has 166 valence electrons. The van der Waals surface area contributed by atoms with Gasteiger partial charge in [-0.15, -0.1) is 0 Å². The number of sulfonamides is 1. The maximum Gasteiger partial charge on any atom is 0.245 e. The number of amides is 2. The summed E-state index contributed by atoms with van der Waals surface area (Å²) in [7, 11) is -3.71. The van der Waals surface area contributed by atoms with Gasteiger partial charge in [0.05, 0.1) is 18.6 Å². The minimum absolute atomic E-state index is 0.0593. The predicted molar refractivity (Wildman–Crippen MR) is 121 cm³/mol. The van der Waals surface area contributed by atoms with Gasteiger partial charge < -0.3 is 15.0 Å². The zero-order valence-corrected chi connectivity index (χ0v) is 18.7. The molecule has 9 heteroatoms. The Balaban J connectivity index is 1.79. The van der Waals surface area contributed by atoms with Crippen molar-refractivity contribution in [2.24, 2.45) is 0 Å². The summed E-state index contributed by atoms with van der Waals surface area (Å²) in [6.07, 6.45) is 2.37. The SMILES string of the molecule is CCOc1cccc(N(CC(=O)Nc2ccc(C)c(N3CCCC3=O)c2)S(C)(=O)=O)c1. The van der Waals surface area contributed by atoms with E-state index in [0.29, 0.717) is 36.7 Å². The van der Waals surface area contributed by atoms with E-state index < -0.39 is 15.9 Å². The van der Waals surface area contributed by atoms with Gasteiger partial charge in [0.1, 0.15) is 12.3 Å². The molecular weight excluding hydrogens is 418 g/mol. The molecule has 31 heavy (non-hydrogen) atoms. The standard InChI is InChI=1S/C22H27N3O5S/c1-4-30-19-8-5-7-18(14-19)25(31(3,28)29)15-21(26)23-17-11-10-16(2)20(13-17)24-12-6-9-22(24)27/h5,7-8,10-11,13-14H,4,6,9,12,15H2,1-3H3,(H,23,26). The monoisotopic (exact) mass is 445 g/mol. The lowest BCUT2D eigenvalue weighted by Crippen LogP contribution is -2.37. The van der Waals surface area contributed by atoms with Gasteiger partial charge in [0, 0.05) is 30.4 Å². The number of carbonyl (C=O) groups excluding carboxylic acids is 2. The first-order valence-corrected chi connectivity index (χ1v) is 12.0. The van der Waals surface area contributed by atoms with Gasteiger partial charge in [-0.2, -0.15) is 0 Å². The fourth-order valence-corrected chi connectivity index (χ4v) is 4.36. The third-order valence-electron chi connectivity index (χ3n) is 4.96. The van der Waals surface area contributed by atoms with E-state index >= 15 is 0 Å². The fraction of sp³-hybridized carbons (Fsp3) is 0.364. The lowest BCUT2D eigenvalue weighted by atomic mass is 10.1. The highest BCUT2D eigenvalue weighted by atomic mass is 32.2. The summed E-state index contributed by atoms with van der Waals surface area (Å²) in [4.78, 5) is 26.5. The summed E-state index contributed by atoms with van der Waals surface area (Å²) >= 11 is 0. The Bertz CT molecular complexity index is 1080. The van der Waals surface area contributed by atoms with Crippen LogP contribution in [0.25, 0.3) is 0 Å². The van der Waals surface area contributed by atoms with Crippen molar-refractivity contribution in [1.29, 1.82) is 0 Å². The second-order valence-corrected chi connectivity index (χ2v) is 9.31. The number of nitrogens with zero attached hydrogens (tertiary/aromatic N) is 2. The molecular formula is C22H27N3O5S. The van der Waals surface area contributed by atoms with E-state index in [1.807, 2.05) is 19.9 Å². The molecule has 1 fully saturated rings. The molecule has 8 nitrogen and oxygen atoms in total. The molecule has 0 spiro atoms. The summed E-state index contributed by atoms with van der Waals surface area (Å²) in [6, 6.07) is 11.9. The van der Waals surface area contributed by atoms with Crippen LogP contribution in [0.5, 0.6) is 5.75 Å². The number of nitrogens with one attached hydrogen (secondary N) is 1. The second kappa shape index (κ2) is 9.38. The van der Waals surface area contributed by atoms with E-state index in [9.17, 15) is 18.0 Å². The van der Waals surface area contributed by atoms with Gasteiger partial charge in [0.25, 0.3) is 0 Å². The third-order valence-corrected chi connectivity index (χ3v) is 6.10. The first-order chi connectivity index (χ1) is 14.7. The summed E-state index contributed by atoms with van der Waals surface area (Å²) in [6.45, 7) is 4.44. The minimum Gasteiger partial charge on any atom is -0.494 e. The van der Waals surface area contributed by atoms with Crippen LogP contribution in [0.2, 0.25) is 0 Å². The zero-order chi connectivity index (χ0) is 22.6. The van der Waals surface area contributed by atoms with E-state index in [1.54, 1.807) is 41.3 Å². The van der Waals surface area contributed by atoms with Crippen LogP contribution in [-0.2, 0) is 19.6 Å². The van der Waals surface area contributed by atoms with E-state index in [1.165, 1.54) is 0 Å². The van der Waals surface area contributed by atoms with Gasteiger partial charge in [0.2, 0.25) is 21.8 Å². The molecule has 0 aromatic heterocycles. The van der Waals surface area contributed by atoms with Crippen LogP contribution >= 0.6 is 0 Å². The normalized spacial score (nSPS) is 13.9. The summed E-state index contributed by atoms with van der Waals surface area (Å²) in [5.41, 5.74) is 2.53. The Labute approximate surface area is 182 Å². The van der Waals surface area contributed by atoms with E-state index in [0.717, 1.165) is 28.2 Å². The molecule has 3 rings (SSSR count). The average molecular weight is 446 g/mol. The van der Waals surface area contributed by atoms with Crippen LogP contribution in [-0.4, -0.2) is 46.2 Å². The molecule has 1 aliphatic rings.